The zero-order valence-corrected chi connectivity index (χ0v) is 14.8. The lowest BCUT2D eigenvalue weighted by Gasteiger charge is -2.10. The highest BCUT2D eigenvalue weighted by atomic mass is 16.6. The highest BCUT2D eigenvalue weighted by molar-refractivity contribution is 5.97. The maximum absolute atomic E-state index is 10.8. The van der Waals surface area contributed by atoms with Gasteiger partial charge in [0.15, 0.2) is 0 Å². The van der Waals surface area contributed by atoms with Gasteiger partial charge >= 0.3 is 0 Å². The highest BCUT2D eigenvalue weighted by Crippen LogP contribution is 2.22. The van der Waals surface area contributed by atoms with Gasteiger partial charge < -0.3 is 4.74 Å². The van der Waals surface area contributed by atoms with Crippen LogP contribution in [0.25, 0.3) is 0 Å². The highest BCUT2D eigenvalue weighted by Gasteiger charge is 2.11. The molecule has 0 heterocycles. The predicted molar refractivity (Wildman–Crippen MR) is 104 cm³/mol. The number of ether oxygens (including phenoxy) is 1. The standard InChI is InChI=1S/C20H15N3O5/c1-14-2-4-15(5-3-14)20(21-16-6-8-17(9-7-16)22(24)25)28-19-12-10-18(11-13-19)23(26)27/h2-13H,1H3. The molecule has 3 aromatic carbocycles. The molecule has 0 aliphatic heterocycles. The summed E-state index contributed by atoms with van der Waals surface area (Å²) in [6.07, 6.45) is 0. The molecule has 0 aliphatic carbocycles. The maximum Gasteiger partial charge on any atom is 0.269 e. The van der Waals surface area contributed by atoms with E-state index in [4.69, 9.17) is 4.74 Å². The lowest BCUT2D eigenvalue weighted by Crippen LogP contribution is -2.10. The van der Waals surface area contributed by atoms with Crippen LogP contribution in [0.2, 0.25) is 0 Å². The van der Waals surface area contributed by atoms with Crippen LogP contribution in [-0.4, -0.2) is 15.7 Å². The van der Waals surface area contributed by atoms with Crippen LogP contribution in [0.15, 0.2) is 77.8 Å². The van der Waals surface area contributed by atoms with E-state index in [1.54, 1.807) is 0 Å². The van der Waals surface area contributed by atoms with Gasteiger partial charge in [0, 0.05) is 29.8 Å². The lowest BCUT2D eigenvalue weighted by molar-refractivity contribution is -0.385. The Hall–Kier alpha value is -4.07. The molecule has 3 aromatic rings. The molecule has 140 valence electrons. The van der Waals surface area contributed by atoms with Crippen molar-refractivity contribution in [3.05, 3.63) is 104 Å². The molecule has 0 aliphatic rings. The van der Waals surface area contributed by atoms with Crippen LogP contribution in [0.1, 0.15) is 11.1 Å². The first-order valence-electron chi connectivity index (χ1n) is 8.25. The van der Waals surface area contributed by atoms with Crippen LogP contribution in [0.4, 0.5) is 17.1 Å². The summed E-state index contributed by atoms with van der Waals surface area (Å²) in [4.78, 5) is 25.1. The number of aliphatic imine (C=N–C) groups is 1. The molecule has 0 unspecified atom stereocenters. The van der Waals surface area contributed by atoms with Gasteiger partial charge in [-0.15, -0.1) is 0 Å². The smallest absolute Gasteiger partial charge is 0.269 e. The number of nitro benzene ring substituents is 2. The van der Waals surface area contributed by atoms with Crippen molar-refractivity contribution in [2.75, 3.05) is 0 Å². The second-order valence-corrected chi connectivity index (χ2v) is 5.91. The molecule has 0 aromatic heterocycles. The number of hydrogen-bond acceptors (Lipinski definition) is 6. The minimum Gasteiger partial charge on any atom is -0.438 e. The van der Waals surface area contributed by atoms with Gasteiger partial charge in [0.05, 0.1) is 15.5 Å². The zero-order valence-electron chi connectivity index (χ0n) is 14.8. The third kappa shape index (κ3) is 4.55. The second kappa shape index (κ2) is 8.09. The SMILES string of the molecule is Cc1ccc(C(=Nc2ccc([N+](=O)[O-])cc2)Oc2ccc([N+](=O)[O-])cc2)cc1. The number of aryl methyl sites for hydroxylation is 1. The molecule has 3 rings (SSSR count). The van der Waals surface area contributed by atoms with Crippen LogP contribution in [0.5, 0.6) is 5.75 Å². The normalized spacial score (nSPS) is 11.1. The van der Waals surface area contributed by atoms with Crippen molar-refractivity contribution < 1.29 is 14.6 Å². The Morgan fingerprint density at radius 3 is 1.79 bits per heavy atom. The molecular formula is C20H15N3O5. The minimum atomic E-state index is -0.490. The number of nitrogens with zero attached hydrogens (tertiary/aromatic N) is 3. The summed E-state index contributed by atoms with van der Waals surface area (Å²) in [5.74, 6) is 0.648. The number of benzene rings is 3. The summed E-state index contributed by atoms with van der Waals surface area (Å²) in [5, 5.41) is 21.6. The Kier molecular flexibility index (Phi) is 5.40. The van der Waals surface area contributed by atoms with Gasteiger partial charge in [-0.2, -0.15) is 0 Å². The number of hydrogen-bond donors (Lipinski definition) is 0. The molecule has 0 saturated carbocycles. The van der Waals surface area contributed by atoms with Crippen LogP contribution < -0.4 is 4.74 Å². The van der Waals surface area contributed by atoms with Gasteiger partial charge in [0.25, 0.3) is 11.4 Å². The fourth-order valence-electron chi connectivity index (χ4n) is 2.36. The van der Waals surface area contributed by atoms with Crippen molar-refractivity contribution in [2.45, 2.75) is 6.92 Å². The van der Waals surface area contributed by atoms with Crippen molar-refractivity contribution in [3.63, 3.8) is 0 Å². The van der Waals surface area contributed by atoms with E-state index in [1.807, 2.05) is 31.2 Å². The molecule has 0 atom stereocenters. The van der Waals surface area contributed by atoms with Gasteiger partial charge in [0.1, 0.15) is 5.75 Å². The van der Waals surface area contributed by atoms with Crippen molar-refractivity contribution in [1.82, 2.24) is 0 Å². The number of non-ortho nitro benzene ring substituents is 2. The van der Waals surface area contributed by atoms with Crippen molar-refractivity contribution in [3.8, 4) is 5.75 Å². The van der Waals surface area contributed by atoms with Crippen LogP contribution >= 0.6 is 0 Å². The van der Waals surface area contributed by atoms with E-state index in [9.17, 15) is 20.2 Å². The Morgan fingerprint density at radius 2 is 1.29 bits per heavy atom. The first-order valence-corrected chi connectivity index (χ1v) is 8.25. The molecule has 0 spiro atoms. The number of rotatable bonds is 5. The molecule has 8 heteroatoms. The molecule has 0 bridgehead atoms. The molecule has 0 amide bonds. The Labute approximate surface area is 160 Å². The fourth-order valence-corrected chi connectivity index (χ4v) is 2.36. The van der Waals surface area contributed by atoms with Gasteiger partial charge in [-0.1, -0.05) is 17.7 Å². The summed E-state index contributed by atoms with van der Waals surface area (Å²) in [6.45, 7) is 1.95. The van der Waals surface area contributed by atoms with Crippen molar-refractivity contribution >= 4 is 23.0 Å². The molecule has 0 radical (unpaired) electrons. The molecule has 0 fully saturated rings. The van der Waals surface area contributed by atoms with E-state index >= 15 is 0 Å². The minimum absolute atomic E-state index is 0.0351. The second-order valence-electron chi connectivity index (χ2n) is 5.91. The largest absolute Gasteiger partial charge is 0.438 e. The maximum atomic E-state index is 10.8. The summed E-state index contributed by atoms with van der Waals surface area (Å²) >= 11 is 0. The molecular weight excluding hydrogens is 362 g/mol. The van der Waals surface area contributed by atoms with E-state index in [-0.39, 0.29) is 17.3 Å². The van der Waals surface area contributed by atoms with Gasteiger partial charge in [-0.3, -0.25) is 20.2 Å². The average molecular weight is 377 g/mol. The van der Waals surface area contributed by atoms with Gasteiger partial charge in [-0.25, -0.2) is 4.99 Å². The quantitative estimate of drug-likeness (QED) is 0.270. The van der Waals surface area contributed by atoms with E-state index in [1.165, 1.54) is 48.5 Å². The fraction of sp³-hybridized carbons (Fsp3) is 0.0500. The Bertz CT molecular complexity index is 1030. The van der Waals surface area contributed by atoms with E-state index in [0.29, 0.717) is 17.0 Å². The monoisotopic (exact) mass is 377 g/mol. The Balaban J connectivity index is 1.95. The topological polar surface area (TPSA) is 108 Å². The predicted octanol–water partition coefficient (Wildman–Crippen LogP) is 4.97. The Morgan fingerprint density at radius 1 is 0.786 bits per heavy atom. The first kappa shape index (κ1) is 18.7. The molecule has 0 saturated heterocycles. The average Bonchev–Trinajstić information content (AvgIpc) is 2.69. The van der Waals surface area contributed by atoms with Crippen LogP contribution in [0.3, 0.4) is 0 Å². The van der Waals surface area contributed by atoms with Crippen LogP contribution in [-0.2, 0) is 0 Å². The van der Waals surface area contributed by atoms with Gasteiger partial charge in [-0.05, 0) is 43.3 Å². The summed E-state index contributed by atoms with van der Waals surface area (Å²) in [5.41, 5.74) is 2.16. The van der Waals surface area contributed by atoms with E-state index < -0.39 is 9.85 Å². The lowest BCUT2D eigenvalue weighted by atomic mass is 10.1. The zero-order chi connectivity index (χ0) is 20.1. The molecule has 0 N–H and O–H groups in total. The van der Waals surface area contributed by atoms with Crippen molar-refractivity contribution in [2.24, 2.45) is 4.99 Å². The third-order valence-corrected chi connectivity index (χ3v) is 3.85. The first-order chi connectivity index (χ1) is 13.4. The third-order valence-electron chi connectivity index (χ3n) is 3.85. The summed E-state index contributed by atoms with van der Waals surface area (Å²) in [7, 11) is 0. The van der Waals surface area contributed by atoms with Gasteiger partial charge in [0.2, 0.25) is 5.90 Å². The molecule has 28 heavy (non-hydrogen) atoms. The van der Waals surface area contributed by atoms with E-state index in [2.05, 4.69) is 4.99 Å². The summed E-state index contributed by atoms with van der Waals surface area (Å²) < 4.78 is 5.85. The summed E-state index contributed by atoms with van der Waals surface area (Å²) in [6, 6.07) is 18.9. The van der Waals surface area contributed by atoms with Crippen LogP contribution in [0, 0.1) is 27.2 Å². The number of nitro groups is 2. The van der Waals surface area contributed by atoms with E-state index in [0.717, 1.165) is 5.56 Å². The van der Waals surface area contributed by atoms with Crippen molar-refractivity contribution in [1.29, 1.82) is 0 Å². The molecule has 8 nitrogen and oxygen atoms in total.